The van der Waals surface area contributed by atoms with E-state index in [0.29, 0.717) is 0 Å². The van der Waals surface area contributed by atoms with Crippen LogP contribution in [0, 0.1) is 12.8 Å². The number of carbonyl (C=O) groups is 1. The van der Waals surface area contributed by atoms with Gasteiger partial charge < -0.3 is 10.2 Å². The van der Waals surface area contributed by atoms with E-state index in [2.05, 4.69) is 48.5 Å². The Morgan fingerprint density at radius 3 is 2.86 bits per heavy atom. The summed E-state index contributed by atoms with van der Waals surface area (Å²) in [5, 5.41) is 3.10. The first-order chi connectivity index (χ1) is 10.6. The Morgan fingerprint density at radius 2 is 2.14 bits per heavy atom. The Hall–Kier alpha value is -1.00. The van der Waals surface area contributed by atoms with Crippen molar-refractivity contribution in [1.29, 1.82) is 0 Å². The smallest absolute Gasteiger partial charge is 0.224 e. The second-order valence-corrected chi connectivity index (χ2v) is 7.39. The molecule has 1 N–H and O–H groups in total. The number of nitrogens with one attached hydrogen (secondary N) is 1. The molecule has 0 aromatic heterocycles. The lowest BCUT2D eigenvalue weighted by Gasteiger charge is -2.28. The molecule has 1 atom stereocenters. The van der Waals surface area contributed by atoms with Crippen molar-refractivity contribution in [3.63, 3.8) is 0 Å². The highest BCUT2D eigenvalue weighted by Crippen LogP contribution is 2.15. The number of piperidine rings is 1. The van der Waals surface area contributed by atoms with Crippen LogP contribution in [0.5, 0.6) is 0 Å². The zero-order chi connectivity index (χ0) is 15.8. The van der Waals surface area contributed by atoms with Crippen molar-refractivity contribution in [1.82, 2.24) is 10.2 Å². The Morgan fingerprint density at radius 1 is 1.36 bits per heavy atom. The van der Waals surface area contributed by atoms with Crippen molar-refractivity contribution < 1.29 is 4.79 Å². The number of rotatable bonds is 7. The highest BCUT2D eigenvalue weighted by atomic mass is 32.2. The van der Waals surface area contributed by atoms with Gasteiger partial charge in [0.15, 0.2) is 0 Å². The van der Waals surface area contributed by atoms with Crippen LogP contribution in [0.15, 0.2) is 24.3 Å². The van der Waals surface area contributed by atoms with Crippen LogP contribution < -0.4 is 5.32 Å². The normalized spacial score (nSPS) is 19.1. The summed E-state index contributed by atoms with van der Waals surface area (Å²) in [6.45, 7) is 4.96. The Bertz CT molecular complexity index is 461. The maximum absolute atomic E-state index is 12.1. The van der Waals surface area contributed by atoms with E-state index in [4.69, 9.17) is 0 Å². The fraction of sp³-hybridized carbons (Fsp3) is 0.611. The lowest BCUT2D eigenvalue weighted by atomic mass is 9.98. The Labute approximate surface area is 138 Å². The van der Waals surface area contributed by atoms with Gasteiger partial charge in [-0.1, -0.05) is 29.8 Å². The minimum atomic E-state index is 0.193. The minimum Gasteiger partial charge on any atom is -0.356 e. The summed E-state index contributed by atoms with van der Waals surface area (Å²) in [5.74, 6) is 2.59. The number of benzene rings is 1. The molecule has 1 saturated heterocycles. The molecular formula is C18H28N2OS. The number of amides is 1. The zero-order valence-corrected chi connectivity index (χ0v) is 14.6. The topological polar surface area (TPSA) is 32.3 Å². The third-order valence-electron chi connectivity index (χ3n) is 4.15. The molecule has 0 spiro atoms. The zero-order valence-electron chi connectivity index (χ0n) is 13.8. The first-order valence-electron chi connectivity index (χ1n) is 8.24. The van der Waals surface area contributed by atoms with Gasteiger partial charge >= 0.3 is 0 Å². The van der Waals surface area contributed by atoms with Crippen LogP contribution in [-0.4, -0.2) is 43.2 Å². The summed E-state index contributed by atoms with van der Waals surface area (Å²) in [4.78, 5) is 14.3. The van der Waals surface area contributed by atoms with E-state index >= 15 is 0 Å². The summed E-state index contributed by atoms with van der Waals surface area (Å²) < 4.78 is 0. The summed E-state index contributed by atoms with van der Waals surface area (Å²) in [7, 11) is 2.10. The number of hydrogen-bond acceptors (Lipinski definition) is 3. The molecule has 0 radical (unpaired) electrons. The molecule has 1 aliphatic heterocycles. The monoisotopic (exact) mass is 320 g/mol. The van der Waals surface area contributed by atoms with Crippen LogP contribution >= 0.6 is 11.8 Å². The van der Waals surface area contributed by atoms with Crippen molar-refractivity contribution >= 4 is 17.7 Å². The number of carbonyl (C=O) groups excluding carboxylic acids is 1. The van der Waals surface area contributed by atoms with Crippen molar-refractivity contribution in [3.8, 4) is 0 Å². The van der Waals surface area contributed by atoms with E-state index in [1.807, 2.05) is 11.8 Å². The number of likely N-dealkylation sites (tertiary alicyclic amines) is 1. The maximum Gasteiger partial charge on any atom is 0.224 e. The van der Waals surface area contributed by atoms with Gasteiger partial charge in [-0.15, -0.1) is 0 Å². The average Bonchev–Trinajstić information content (AvgIpc) is 2.52. The first-order valence-corrected chi connectivity index (χ1v) is 9.40. The highest BCUT2D eigenvalue weighted by molar-refractivity contribution is 7.98. The molecule has 1 aromatic rings. The quantitative estimate of drug-likeness (QED) is 0.784. The van der Waals surface area contributed by atoms with Crippen LogP contribution in [0.4, 0.5) is 0 Å². The molecule has 0 saturated carbocycles. The van der Waals surface area contributed by atoms with E-state index in [1.165, 1.54) is 11.1 Å². The van der Waals surface area contributed by atoms with Crippen LogP contribution in [0.25, 0.3) is 0 Å². The third-order valence-corrected chi connectivity index (χ3v) is 5.26. The molecule has 1 aliphatic rings. The molecule has 0 unspecified atom stereocenters. The highest BCUT2D eigenvalue weighted by Gasteiger charge is 2.23. The average molecular weight is 321 g/mol. The van der Waals surface area contributed by atoms with Crippen LogP contribution in [-0.2, 0) is 10.5 Å². The van der Waals surface area contributed by atoms with Gasteiger partial charge in [-0.05, 0) is 51.1 Å². The predicted molar refractivity (Wildman–Crippen MR) is 95.2 cm³/mol. The van der Waals surface area contributed by atoms with Crippen molar-refractivity contribution in [2.75, 3.05) is 32.4 Å². The van der Waals surface area contributed by atoms with E-state index in [0.717, 1.165) is 50.4 Å². The Kier molecular flexibility index (Phi) is 7.26. The van der Waals surface area contributed by atoms with Crippen molar-refractivity contribution in [2.24, 2.45) is 5.92 Å². The van der Waals surface area contributed by atoms with Gasteiger partial charge in [0.25, 0.3) is 0 Å². The lowest BCUT2D eigenvalue weighted by molar-refractivity contribution is -0.126. The molecule has 4 heteroatoms. The second-order valence-electron chi connectivity index (χ2n) is 6.28. The van der Waals surface area contributed by atoms with Crippen molar-refractivity contribution in [2.45, 2.75) is 31.9 Å². The lowest BCUT2D eigenvalue weighted by Crippen LogP contribution is -2.41. The maximum atomic E-state index is 12.1. The minimum absolute atomic E-state index is 0.193. The van der Waals surface area contributed by atoms with Crippen LogP contribution in [0.3, 0.4) is 0 Å². The van der Waals surface area contributed by atoms with Crippen LogP contribution in [0.2, 0.25) is 0 Å². The Balaban J connectivity index is 1.53. The molecule has 122 valence electrons. The molecule has 3 nitrogen and oxygen atoms in total. The molecule has 1 amide bonds. The fourth-order valence-corrected chi connectivity index (χ4v) is 3.71. The van der Waals surface area contributed by atoms with Gasteiger partial charge in [-0.25, -0.2) is 0 Å². The van der Waals surface area contributed by atoms with E-state index in [9.17, 15) is 4.79 Å². The number of aryl methyl sites for hydroxylation is 1. The second kappa shape index (κ2) is 9.21. The van der Waals surface area contributed by atoms with E-state index < -0.39 is 0 Å². The molecule has 1 aromatic carbocycles. The summed E-state index contributed by atoms with van der Waals surface area (Å²) in [6, 6.07) is 8.72. The molecule has 22 heavy (non-hydrogen) atoms. The molecule has 1 fully saturated rings. The first kappa shape index (κ1) is 17.4. The standard InChI is InChI=1S/C18H28N2OS/c1-15-6-8-16(9-7-15)14-22-12-4-10-19-18(21)17-5-3-11-20(2)13-17/h6-9,17H,3-5,10-14H2,1-2H3,(H,19,21)/t17-/m1/s1. The summed E-state index contributed by atoms with van der Waals surface area (Å²) in [5.41, 5.74) is 2.69. The predicted octanol–water partition coefficient (Wildman–Crippen LogP) is 3.08. The molecule has 0 aliphatic carbocycles. The SMILES string of the molecule is Cc1ccc(CSCCCNC(=O)[C@@H]2CCCN(C)C2)cc1. The van der Waals surface area contributed by atoms with Gasteiger partial charge in [-0.3, -0.25) is 4.79 Å². The number of thioether (sulfide) groups is 1. The van der Waals surface area contributed by atoms with Gasteiger partial charge in [0.05, 0.1) is 5.92 Å². The van der Waals surface area contributed by atoms with E-state index in [1.54, 1.807) is 0 Å². The molecular weight excluding hydrogens is 292 g/mol. The fourth-order valence-electron chi connectivity index (χ4n) is 2.78. The number of hydrogen-bond donors (Lipinski definition) is 1. The van der Waals surface area contributed by atoms with Gasteiger partial charge in [0.2, 0.25) is 5.91 Å². The third kappa shape index (κ3) is 6.01. The largest absolute Gasteiger partial charge is 0.356 e. The molecule has 2 rings (SSSR count). The molecule has 0 bridgehead atoms. The van der Waals surface area contributed by atoms with E-state index in [-0.39, 0.29) is 11.8 Å². The summed E-state index contributed by atoms with van der Waals surface area (Å²) in [6.07, 6.45) is 3.23. The van der Waals surface area contributed by atoms with Gasteiger partial charge in [0.1, 0.15) is 0 Å². The van der Waals surface area contributed by atoms with Crippen LogP contribution in [0.1, 0.15) is 30.4 Å². The summed E-state index contributed by atoms with van der Waals surface area (Å²) >= 11 is 1.94. The van der Waals surface area contributed by atoms with Gasteiger partial charge in [0, 0.05) is 18.8 Å². The van der Waals surface area contributed by atoms with Crippen molar-refractivity contribution in [3.05, 3.63) is 35.4 Å². The van der Waals surface area contributed by atoms with Gasteiger partial charge in [-0.2, -0.15) is 11.8 Å². The number of nitrogens with zero attached hydrogens (tertiary/aromatic N) is 1. The molecule has 1 heterocycles.